The first kappa shape index (κ1) is 85.7. The molecule has 0 aromatic heterocycles. The summed E-state index contributed by atoms with van der Waals surface area (Å²) in [5.41, 5.74) is 0.801. The van der Waals surface area contributed by atoms with Crippen molar-refractivity contribution in [1.29, 1.82) is 0 Å². The van der Waals surface area contributed by atoms with E-state index in [2.05, 4.69) is 73.4 Å². The molecule has 28 heteroatoms. The number of Topliss-reactive ketones (excluding diaryl/α,β-unsaturated/α-hetero) is 2. The minimum Gasteiger partial charge on any atom is -0.463 e. The highest BCUT2D eigenvalue weighted by Crippen LogP contribution is 2.37. The molecular weight excluding hydrogens is 1300 g/mol. The number of esters is 3. The Hall–Kier alpha value is -6.69. The van der Waals surface area contributed by atoms with Crippen molar-refractivity contribution in [2.75, 3.05) is 85.5 Å². The molecule has 6 amide bonds. The van der Waals surface area contributed by atoms with Crippen LogP contribution in [0.15, 0.2) is 30.3 Å². The molecule has 3 fully saturated rings. The van der Waals surface area contributed by atoms with Gasteiger partial charge in [0, 0.05) is 111 Å². The first-order chi connectivity index (χ1) is 47.6. The molecule has 1 aromatic rings. The first-order valence-electron chi connectivity index (χ1n) is 35.9. The second kappa shape index (κ2) is 46.7. The van der Waals surface area contributed by atoms with Gasteiger partial charge in [-0.2, -0.15) is 0 Å². The molecule has 0 aliphatic carbocycles. The lowest BCUT2D eigenvalue weighted by molar-refractivity contribution is -0.255. The Balaban J connectivity index is 1.38. The summed E-state index contributed by atoms with van der Waals surface area (Å²) in [5, 5.41) is 16.7. The number of nitrogens with one attached hydrogen (secondary N) is 6. The molecule has 100 heavy (non-hydrogen) atoms. The van der Waals surface area contributed by atoms with Crippen molar-refractivity contribution in [3.05, 3.63) is 35.9 Å². The number of carbonyl (C=O) groups excluding carboxylic acids is 11. The molecule has 0 radical (unpaired) electrons. The summed E-state index contributed by atoms with van der Waals surface area (Å²) in [6.45, 7) is 22.7. The average molecular weight is 1420 g/mol. The fourth-order valence-electron chi connectivity index (χ4n) is 12.2. The summed E-state index contributed by atoms with van der Waals surface area (Å²) < 4.78 is 58.0. The fraction of sp³-hybridized carbons (Fsp3) is 0.764. The number of unbranched alkanes of at least 4 members (excludes halogenated alkanes) is 4. The summed E-state index contributed by atoms with van der Waals surface area (Å²) >= 11 is 0. The number of amides is 6. The van der Waals surface area contributed by atoms with Crippen LogP contribution in [0.5, 0.6) is 0 Å². The van der Waals surface area contributed by atoms with E-state index in [1.807, 2.05) is 44.2 Å². The number of carbonyl (C=O) groups is 11. The van der Waals surface area contributed by atoms with Crippen molar-refractivity contribution < 1.29 is 100 Å². The van der Waals surface area contributed by atoms with Gasteiger partial charge >= 0.3 is 24.0 Å². The second-order valence-electron chi connectivity index (χ2n) is 27.1. The predicted molar refractivity (Wildman–Crippen MR) is 367 cm³/mol. The Kier molecular flexibility index (Phi) is 40.1. The van der Waals surface area contributed by atoms with E-state index < -0.39 is 98.0 Å². The molecular formula is C72H117N7O21. The van der Waals surface area contributed by atoms with Crippen LogP contribution in [0.25, 0.3) is 0 Å². The molecule has 0 bridgehead atoms. The highest BCUT2D eigenvalue weighted by Gasteiger charge is 2.44. The zero-order valence-corrected chi connectivity index (χ0v) is 61.2. The normalized spacial score (nSPS) is 25.3. The van der Waals surface area contributed by atoms with Gasteiger partial charge in [0.05, 0.1) is 50.0 Å². The highest BCUT2D eigenvalue weighted by atomic mass is 16.7. The van der Waals surface area contributed by atoms with Gasteiger partial charge in [-0.25, -0.2) is 4.79 Å². The number of alkyl carbamates (subject to hydrolysis) is 1. The van der Waals surface area contributed by atoms with E-state index in [-0.39, 0.29) is 162 Å². The second-order valence-corrected chi connectivity index (χ2v) is 27.1. The summed E-state index contributed by atoms with van der Waals surface area (Å²) in [6.07, 6.45) is -0.338. The third-order valence-corrected chi connectivity index (χ3v) is 19.4. The summed E-state index contributed by atoms with van der Waals surface area (Å²) in [7, 11) is 0. The number of hydrogen-bond acceptors (Lipinski definition) is 22. The highest BCUT2D eigenvalue weighted by molar-refractivity contribution is 5.91. The van der Waals surface area contributed by atoms with Gasteiger partial charge in [0.1, 0.15) is 32.2 Å². The standard InChI is InChI=1S/C72H117N7O21/c1-45-47(3)61(42-94-54(10)81)98-69(51(45)7)91-35-21-18-31-73-64(86)29-27-58(84)39-79(40-67(89)77-38-66(88)75-33-20-23-37-93-71-68(78-53(9)80)50(6)49(5)63(100-71)44-96-56(12)83)59(26-16-17-34-76-72(90)97-41-57-24-14-13-15-25-57)60(85)28-30-65(87)74-32-19-22-36-92-70-52(8)46(2)48(4)62(99-70)43-95-55(11)82/h13-15,24-25,45-52,59,61-63,68-71H,16-23,26-44H2,1-12H3,(H,73,86)(H,74,87)(H,75,88)(H,76,90)(H,77,89)(H,78,80)/t45-,46-,47+,48+,49+,50-,51?,52?,59?,61?,62?,63?,68?,69+,70+,71+/m0/s1. The molecule has 7 unspecified atom stereocenters. The summed E-state index contributed by atoms with van der Waals surface area (Å²) in [4.78, 5) is 143. The monoisotopic (exact) mass is 1420 g/mol. The third kappa shape index (κ3) is 32.5. The van der Waals surface area contributed by atoms with Crippen molar-refractivity contribution in [3.8, 4) is 0 Å². The molecule has 16 atom stereocenters. The SMILES string of the molecule is CC(=O)NC1[C@H](OCCCCNC(=O)CNC(=O)CN(CC(=O)CCC(=O)NCCCCO[C@@H]2OC(COC(C)=O)[C@H](C)[C@H](C)C2C)C(CCCCNC(=O)OCc2ccccc2)C(=O)CCC(=O)NCCCCO[C@@H]2OC(COC(C)=O)[C@H](C)[C@H](C)C2C)OC(COC(C)=O)[C@H](C)[C@@H]1C. The van der Waals surface area contributed by atoms with Crippen LogP contribution in [-0.2, 0) is 102 Å². The largest absolute Gasteiger partial charge is 0.463 e. The minimum atomic E-state index is -1.09. The van der Waals surface area contributed by atoms with Gasteiger partial charge in [0.2, 0.25) is 29.5 Å². The van der Waals surface area contributed by atoms with E-state index in [1.165, 1.54) is 32.6 Å². The van der Waals surface area contributed by atoms with Gasteiger partial charge in [-0.15, -0.1) is 0 Å². The Morgan fingerprint density at radius 2 is 0.880 bits per heavy atom. The van der Waals surface area contributed by atoms with Crippen LogP contribution in [0.4, 0.5) is 4.79 Å². The molecule has 3 saturated heterocycles. The molecule has 4 rings (SSSR count). The van der Waals surface area contributed by atoms with Crippen molar-refractivity contribution in [2.24, 2.45) is 47.3 Å². The van der Waals surface area contributed by atoms with Crippen LogP contribution in [0.1, 0.15) is 172 Å². The third-order valence-electron chi connectivity index (χ3n) is 19.4. The van der Waals surface area contributed by atoms with Crippen LogP contribution in [0, 0.1) is 47.3 Å². The quantitative estimate of drug-likeness (QED) is 0.0256. The number of benzene rings is 1. The Morgan fingerprint density at radius 3 is 1.37 bits per heavy atom. The number of ketones is 2. The Bertz CT molecular complexity index is 2710. The maximum atomic E-state index is 14.5. The van der Waals surface area contributed by atoms with Gasteiger partial charge in [-0.3, -0.25) is 52.8 Å². The maximum absolute atomic E-state index is 14.5. The van der Waals surface area contributed by atoms with Crippen molar-refractivity contribution in [2.45, 2.75) is 222 Å². The van der Waals surface area contributed by atoms with Crippen molar-refractivity contribution in [3.63, 3.8) is 0 Å². The fourth-order valence-corrected chi connectivity index (χ4v) is 12.2. The van der Waals surface area contributed by atoms with Crippen molar-refractivity contribution >= 4 is 65.1 Å². The first-order valence-corrected chi connectivity index (χ1v) is 35.9. The van der Waals surface area contributed by atoms with Gasteiger partial charge in [0.25, 0.3) is 0 Å². The van der Waals surface area contributed by atoms with Crippen LogP contribution >= 0.6 is 0 Å². The van der Waals surface area contributed by atoms with Crippen LogP contribution < -0.4 is 31.9 Å². The molecule has 3 aliphatic rings. The van der Waals surface area contributed by atoms with Gasteiger partial charge < -0.3 is 79.3 Å². The van der Waals surface area contributed by atoms with E-state index in [9.17, 15) is 52.7 Å². The molecule has 566 valence electrons. The van der Waals surface area contributed by atoms with E-state index in [4.69, 9.17) is 47.4 Å². The van der Waals surface area contributed by atoms with Gasteiger partial charge in [-0.05, 0) is 98.9 Å². The summed E-state index contributed by atoms with van der Waals surface area (Å²) in [6, 6.07) is 7.60. The topological polar surface area (TPSA) is 355 Å². The van der Waals surface area contributed by atoms with Crippen LogP contribution in [-0.4, -0.2) is 205 Å². The Morgan fingerprint density at radius 1 is 0.440 bits per heavy atom. The molecule has 0 saturated carbocycles. The maximum Gasteiger partial charge on any atom is 0.407 e. The number of nitrogens with zero attached hydrogens (tertiary/aromatic N) is 1. The van der Waals surface area contributed by atoms with Gasteiger partial charge in [0.15, 0.2) is 24.7 Å². The van der Waals surface area contributed by atoms with Crippen LogP contribution in [0.2, 0.25) is 0 Å². The molecule has 6 N–H and O–H groups in total. The number of rotatable bonds is 46. The van der Waals surface area contributed by atoms with E-state index >= 15 is 0 Å². The van der Waals surface area contributed by atoms with Gasteiger partial charge in [-0.1, -0.05) is 85.7 Å². The van der Waals surface area contributed by atoms with E-state index in [1.54, 1.807) is 0 Å². The Labute approximate surface area is 590 Å². The number of ether oxygens (including phenoxy) is 10. The van der Waals surface area contributed by atoms with E-state index in [0.29, 0.717) is 77.7 Å². The zero-order valence-electron chi connectivity index (χ0n) is 61.2. The van der Waals surface area contributed by atoms with Crippen molar-refractivity contribution in [1.82, 2.24) is 36.8 Å². The average Bonchev–Trinajstić information content (AvgIpc) is 0.821. The number of hydrogen-bond donors (Lipinski definition) is 6. The molecule has 3 aliphatic heterocycles. The molecule has 3 heterocycles. The zero-order chi connectivity index (χ0) is 73.7. The van der Waals surface area contributed by atoms with E-state index in [0.717, 1.165) is 5.56 Å². The molecule has 28 nitrogen and oxygen atoms in total. The predicted octanol–water partition coefficient (Wildman–Crippen LogP) is 5.77. The lowest BCUT2D eigenvalue weighted by Crippen LogP contribution is -2.58. The summed E-state index contributed by atoms with van der Waals surface area (Å²) in [5.74, 6) is -3.49. The molecule has 0 spiro atoms. The smallest absolute Gasteiger partial charge is 0.407 e. The molecule has 1 aromatic carbocycles. The van der Waals surface area contributed by atoms with Crippen LogP contribution in [0.3, 0.4) is 0 Å². The lowest BCUT2D eigenvalue weighted by atomic mass is 9.79. The lowest BCUT2D eigenvalue weighted by Gasteiger charge is -2.44. The minimum absolute atomic E-state index is 0.0295.